The lowest BCUT2D eigenvalue weighted by molar-refractivity contribution is -0.274. The van der Waals surface area contributed by atoms with Crippen molar-refractivity contribution in [1.29, 1.82) is 0 Å². The highest BCUT2D eigenvalue weighted by Crippen LogP contribution is 2.42. The van der Waals surface area contributed by atoms with Crippen LogP contribution in [0.4, 0.5) is 18.9 Å². The largest absolute Gasteiger partial charge is 0.573 e. The van der Waals surface area contributed by atoms with E-state index in [0.717, 1.165) is 6.54 Å². The fourth-order valence-corrected chi connectivity index (χ4v) is 3.29. The van der Waals surface area contributed by atoms with Gasteiger partial charge in [-0.3, -0.25) is 4.99 Å². The molecule has 0 aromatic heterocycles. The minimum atomic E-state index is -4.70. The minimum Gasteiger partial charge on any atom is -0.404 e. The van der Waals surface area contributed by atoms with Gasteiger partial charge in [-0.1, -0.05) is 23.9 Å². The van der Waals surface area contributed by atoms with E-state index in [1.165, 1.54) is 25.0 Å². The van der Waals surface area contributed by atoms with Crippen LogP contribution < -0.4 is 10.1 Å². The molecule has 3 rings (SSSR count). The molecule has 1 N–H and O–H groups in total. The van der Waals surface area contributed by atoms with Crippen LogP contribution in [-0.2, 0) is 0 Å². The number of rotatable bonds is 3. The summed E-state index contributed by atoms with van der Waals surface area (Å²) < 4.78 is 41.0. The third-order valence-electron chi connectivity index (χ3n) is 3.18. The van der Waals surface area contributed by atoms with Crippen molar-refractivity contribution < 1.29 is 17.9 Å². The first-order valence-electron chi connectivity index (χ1n) is 6.34. The van der Waals surface area contributed by atoms with E-state index in [4.69, 9.17) is 0 Å². The van der Waals surface area contributed by atoms with Gasteiger partial charge in [-0.05, 0) is 30.9 Å². The number of alkyl halides is 3. The third-order valence-corrected chi connectivity index (χ3v) is 4.47. The Labute approximate surface area is 118 Å². The molecule has 1 aromatic rings. The van der Waals surface area contributed by atoms with Crippen molar-refractivity contribution in [3.63, 3.8) is 0 Å². The van der Waals surface area contributed by atoms with E-state index in [9.17, 15) is 13.2 Å². The molecule has 0 radical (unpaired) electrons. The molecule has 1 aliphatic heterocycles. The number of amidine groups is 1. The molecule has 1 atom stereocenters. The van der Waals surface area contributed by atoms with Gasteiger partial charge in [0.2, 0.25) is 0 Å². The molecule has 1 fully saturated rings. The summed E-state index contributed by atoms with van der Waals surface area (Å²) in [5, 5.41) is 4.07. The Bertz CT molecular complexity index is 529. The first kappa shape index (κ1) is 13.6. The first-order chi connectivity index (χ1) is 9.51. The number of thioether (sulfide) groups is 1. The van der Waals surface area contributed by atoms with Crippen LogP contribution in [0, 0.1) is 5.92 Å². The van der Waals surface area contributed by atoms with Crippen molar-refractivity contribution in [2.45, 2.75) is 24.5 Å². The van der Waals surface area contributed by atoms with Gasteiger partial charge >= 0.3 is 6.36 Å². The highest BCUT2D eigenvalue weighted by Gasteiger charge is 2.36. The summed E-state index contributed by atoms with van der Waals surface area (Å²) in [7, 11) is 0. The topological polar surface area (TPSA) is 33.6 Å². The van der Waals surface area contributed by atoms with Crippen molar-refractivity contribution in [2.75, 3.05) is 11.9 Å². The molecular weight excluding hydrogens is 289 g/mol. The van der Waals surface area contributed by atoms with E-state index >= 15 is 0 Å². The van der Waals surface area contributed by atoms with E-state index in [-0.39, 0.29) is 11.4 Å². The molecular formula is C13H13F3N2OS. The summed E-state index contributed by atoms with van der Waals surface area (Å²) in [6.45, 7) is 0.736. The second kappa shape index (κ2) is 5.20. The van der Waals surface area contributed by atoms with Crippen LogP contribution in [0.3, 0.4) is 0 Å². The molecule has 1 aromatic carbocycles. The van der Waals surface area contributed by atoms with Crippen LogP contribution in [0.5, 0.6) is 5.75 Å². The quantitative estimate of drug-likeness (QED) is 0.920. The van der Waals surface area contributed by atoms with E-state index in [2.05, 4.69) is 15.0 Å². The number of hydrogen-bond donors (Lipinski definition) is 1. The summed E-state index contributed by atoms with van der Waals surface area (Å²) >= 11 is 1.60. The Hall–Kier alpha value is -1.37. The number of nitrogens with zero attached hydrogens (tertiary/aromatic N) is 1. The number of para-hydroxylation sites is 2. The van der Waals surface area contributed by atoms with Gasteiger partial charge in [0.05, 0.1) is 12.2 Å². The van der Waals surface area contributed by atoms with Crippen LogP contribution in [0.1, 0.15) is 12.8 Å². The molecule has 0 spiro atoms. The van der Waals surface area contributed by atoms with E-state index in [1.54, 1.807) is 23.9 Å². The normalized spacial score (nSPS) is 22.6. The zero-order valence-corrected chi connectivity index (χ0v) is 11.3. The molecule has 2 aliphatic rings. The first-order valence-corrected chi connectivity index (χ1v) is 7.22. The van der Waals surface area contributed by atoms with Crippen molar-refractivity contribution in [2.24, 2.45) is 10.9 Å². The van der Waals surface area contributed by atoms with Crippen LogP contribution in [0.2, 0.25) is 0 Å². The highest BCUT2D eigenvalue weighted by molar-refractivity contribution is 8.15. The van der Waals surface area contributed by atoms with Crippen molar-refractivity contribution in [3.8, 4) is 5.75 Å². The highest BCUT2D eigenvalue weighted by atomic mass is 32.2. The Balaban J connectivity index is 1.68. The fourth-order valence-electron chi connectivity index (χ4n) is 2.07. The molecule has 1 saturated carbocycles. The van der Waals surface area contributed by atoms with Crippen LogP contribution in [-0.4, -0.2) is 23.3 Å². The van der Waals surface area contributed by atoms with Crippen LogP contribution in [0.25, 0.3) is 0 Å². The Morgan fingerprint density at radius 3 is 2.70 bits per heavy atom. The summed E-state index contributed by atoms with van der Waals surface area (Å²) in [5.41, 5.74) is 0.285. The summed E-state index contributed by atoms with van der Waals surface area (Å²) in [6.07, 6.45) is -2.23. The molecule has 0 amide bonds. The molecule has 1 aliphatic carbocycles. The van der Waals surface area contributed by atoms with Gasteiger partial charge in [0.15, 0.2) is 10.9 Å². The molecule has 20 heavy (non-hydrogen) atoms. The average molecular weight is 302 g/mol. The maximum absolute atomic E-state index is 12.3. The van der Waals surface area contributed by atoms with Gasteiger partial charge < -0.3 is 10.1 Å². The molecule has 3 nitrogen and oxygen atoms in total. The lowest BCUT2D eigenvalue weighted by Crippen LogP contribution is -2.18. The lowest BCUT2D eigenvalue weighted by Gasteiger charge is -2.14. The minimum absolute atomic E-state index is 0.238. The van der Waals surface area contributed by atoms with Gasteiger partial charge in [-0.2, -0.15) is 0 Å². The molecule has 0 bridgehead atoms. The smallest absolute Gasteiger partial charge is 0.404 e. The number of halogens is 3. The number of nitrogens with one attached hydrogen (secondary N) is 1. The second-order valence-corrected chi connectivity index (χ2v) is 6.04. The summed E-state index contributed by atoms with van der Waals surface area (Å²) in [5.74, 6) is 0.475. The Morgan fingerprint density at radius 1 is 1.25 bits per heavy atom. The van der Waals surface area contributed by atoms with Gasteiger partial charge in [-0.25, -0.2) is 0 Å². The Morgan fingerprint density at radius 2 is 2.00 bits per heavy atom. The zero-order chi connectivity index (χ0) is 14.2. The number of anilines is 1. The van der Waals surface area contributed by atoms with E-state index < -0.39 is 6.36 Å². The van der Waals surface area contributed by atoms with Gasteiger partial charge in [-0.15, -0.1) is 13.2 Å². The SMILES string of the molecule is FC(F)(F)Oc1ccccc1NC1=NCC(C2CC2)S1. The number of hydrogen-bond acceptors (Lipinski definition) is 4. The van der Waals surface area contributed by atoms with Crippen LogP contribution >= 0.6 is 11.8 Å². The summed E-state index contributed by atoms with van der Waals surface area (Å²) in [6, 6.07) is 6.00. The van der Waals surface area contributed by atoms with Crippen LogP contribution in [0.15, 0.2) is 29.3 Å². The monoisotopic (exact) mass is 302 g/mol. The fraction of sp³-hybridized carbons (Fsp3) is 0.462. The maximum Gasteiger partial charge on any atom is 0.573 e. The van der Waals surface area contributed by atoms with Gasteiger partial charge in [0.25, 0.3) is 0 Å². The predicted octanol–water partition coefficient (Wildman–Crippen LogP) is 3.88. The molecule has 0 saturated heterocycles. The predicted molar refractivity (Wildman–Crippen MR) is 73.2 cm³/mol. The zero-order valence-electron chi connectivity index (χ0n) is 10.5. The second-order valence-electron chi connectivity index (χ2n) is 4.81. The average Bonchev–Trinajstić information content (AvgIpc) is 3.11. The Kier molecular flexibility index (Phi) is 3.54. The van der Waals surface area contributed by atoms with Gasteiger partial charge in [0.1, 0.15) is 0 Å². The number of benzene rings is 1. The maximum atomic E-state index is 12.3. The molecule has 7 heteroatoms. The number of ether oxygens (including phenoxy) is 1. The van der Waals surface area contributed by atoms with Gasteiger partial charge in [0, 0.05) is 5.25 Å². The molecule has 1 heterocycles. The van der Waals surface area contributed by atoms with Crippen molar-refractivity contribution in [1.82, 2.24) is 0 Å². The number of aliphatic imine (C=N–C) groups is 1. The van der Waals surface area contributed by atoms with E-state index in [1.807, 2.05) is 0 Å². The lowest BCUT2D eigenvalue weighted by atomic mass is 10.3. The third kappa shape index (κ3) is 3.39. The van der Waals surface area contributed by atoms with E-state index in [0.29, 0.717) is 16.3 Å². The summed E-state index contributed by atoms with van der Waals surface area (Å²) in [4.78, 5) is 4.34. The molecule has 1 unspecified atom stereocenters. The molecule has 108 valence electrons. The van der Waals surface area contributed by atoms with Crippen molar-refractivity contribution >= 4 is 22.6 Å². The standard InChI is InChI=1S/C13H13F3N2OS/c14-13(15,16)19-10-4-2-1-3-9(10)18-12-17-7-11(20-12)8-5-6-8/h1-4,8,11H,5-7H2,(H,17,18). The van der Waals surface area contributed by atoms with Crippen molar-refractivity contribution in [3.05, 3.63) is 24.3 Å².